The third-order valence-corrected chi connectivity index (χ3v) is 8.13. The predicted molar refractivity (Wildman–Crippen MR) is 115 cm³/mol. The number of hydrogen-bond acceptors (Lipinski definition) is 4. The van der Waals surface area contributed by atoms with E-state index in [2.05, 4.69) is 15.6 Å². The minimum absolute atomic E-state index is 0.104. The SMILES string of the molecule is Cc1nc(NC(=O)C23CC4CC(CC(C4)C2)C3)sc1C(=O)Nc1cccc(Cl)c1. The van der Waals surface area contributed by atoms with Gasteiger partial charge in [-0.3, -0.25) is 9.59 Å². The first-order chi connectivity index (χ1) is 13.9. The molecule has 4 bridgehead atoms. The minimum atomic E-state index is -0.238. The summed E-state index contributed by atoms with van der Waals surface area (Å²) in [6.45, 7) is 1.80. The molecule has 7 heteroatoms. The van der Waals surface area contributed by atoms with E-state index in [-0.39, 0.29) is 17.2 Å². The zero-order chi connectivity index (χ0) is 20.2. The van der Waals surface area contributed by atoms with Gasteiger partial charge in [0.05, 0.1) is 11.1 Å². The van der Waals surface area contributed by atoms with Crippen molar-refractivity contribution in [1.29, 1.82) is 0 Å². The number of nitrogens with one attached hydrogen (secondary N) is 2. The largest absolute Gasteiger partial charge is 0.321 e. The van der Waals surface area contributed by atoms with Gasteiger partial charge in [0.25, 0.3) is 5.91 Å². The summed E-state index contributed by atoms with van der Waals surface area (Å²) in [6.07, 6.45) is 6.94. The van der Waals surface area contributed by atoms with E-state index in [0.717, 1.165) is 19.3 Å². The van der Waals surface area contributed by atoms with Crippen LogP contribution in [0.1, 0.15) is 53.9 Å². The second-order valence-electron chi connectivity index (χ2n) is 9.05. The van der Waals surface area contributed by atoms with Crippen LogP contribution in [0.5, 0.6) is 0 Å². The fourth-order valence-electron chi connectivity index (χ4n) is 6.03. The van der Waals surface area contributed by atoms with Crippen molar-refractivity contribution >= 4 is 45.6 Å². The van der Waals surface area contributed by atoms with Gasteiger partial charge in [-0.05, 0) is 81.4 Å². The van der Waals surface area contributed by atoms with Crippen LogP contribution in [0.3, 0.4) is 0 Å². The Labute approximate surface area is 179 Å². The number of thiazole rings is 1. The van der Waals surface area contributed by atoms with Crippen LogP contribution in [0.4, 0.5) is 10.8 Å². The Morgan fingerprint density at radius 3 is 2.38 bits per heavy atom. The Hall–Kier alpha value is -1.92. The molecule has 0 saturated heterocycles. The smallest absolute Gasteiger partial charge is 0.267 e. The third kappa shape index (κ3) is 3.57. The first-order valence-electron chi connectivity index (χ1n) is 10.3. The van der Waals surface area contributed by atoms with Crippen molar-refractivity contribution in [2.45, 2.75) is 45.4 Å². The summed E-state index contributed by atoms with van der Waals surface area (Å²) in [7, 11) is 0. The lowest BCUT2D eigenvalue weighted by Gasteiger charge is -2.55. The molecule has 0 radical (unpaired) electrons. The highest BCUT2D eigenvalue weighted by atomic mass is 35.5. The lowest BCUT2D eigenvalue weighted by Crippen LogP contribution is -2.51. The number of carbonyl (C=O) groups excluding carboxylic acids is 2. The molecule has 2 aromatic rings. The summed E-state index contributed by atoms with van der Waals surface area (Å²) in [6, 6.07) is 7.03. The van der Waals surface area contributed by atoms with E-state index in [0.29, 0.717) is 44.2 Å². The number of nitrogens with zero attached hydrogens (tertiary/aromatic N) is 1. The summed E-state index contributed by atoms with van der Waals surface area (Å²) in [4.78, 5) is 30.9. The molecular weight excluding hydrogens is 406 g/mol. The quantitative estimate of drug-likeness (QED) is 0.672. The van der Waals surface area contributed by atoms with Crippen LogP contribution in [0, 0.1) is 30.1 Å². The maximum atomic E-state index is 13.2. The molecular formula is C22H24ClN3O2S. The molecule has 2 amide bonds. The van der Waals surface area contributed by atoms with Crippen LogP contribution in [-0.4, -0.2) is 16.8 Å². The van der Waals surface area contributed by atoms with Crippen LogP contribution in [0.15, 0.2) is 24.3 Å². The van der Waals surface area contributed by atoms with Crippen LogP contribution in [-0.2, 0) is 4.79 Å². The average Bonchev–Trinajstić information content (AvgIpc) is 3.01. The number of carbonyl (C=O) groups is 2. The molecule has 6 rings (SSSR count). The Morgan fingerprint density at radius 2 is 1.76 bits per heavy atom. The Kier molecular flexibility index (Phi) is 4.67. The van der Waals surface area contributed by atoms with Gasteiger partial charge >= 0.3 is 0 Å². The number of benzene rings is 1. The van der Waals surface area contributed by atoms with Gasteiger partial charge in [-0.15, -0.1) is 0 Å². The lowest BCUT2D eigenvalue weighted by molar-refractivity contribution is -0.140. The van der Waals surface area contributed by atoms with Crippen LogP contribution in [0.2, 0.25) is 5.02 Å². The van der Waals surface area contributed by atoms with E-state index < -0.39 is 0 Å². The van der Waals surface area contributed by atoms with Gasteiger partial charge in [0.1, 0.15) is 4.88 Å². The number of hydrogen-bond donors (Lipinski definition) is 2. The second kappa shape index (κ2) is 7.10. The molecule has 1 aromatic heterocycles. The molecule has 0 atom stereocenters. The second-order valence-corrected chi connectivity index (χ2v) is 10.5. The average molecular weight is 430 g/mol. The molecule has 29 heavy (non-hydrogen) atoms. The Bertz CT molecular complexity index is 951. The molecule has 2 N–H and O–H groups in total. The fraction of sp³-hybridized carbons (Fsp3) is 0.500. The van der Waals surface area contributed by atoms with Crippen LogP contribution in [0.25, 0.3) is 0 Å². The van der Waals surface area contributed by atoms with Gasteiger partial charge in [0.2, 0.25) is 5.91 Å². The summed E-state index contributed by atoms with van der Waals surface area (Å²) >= 11 is 7.22. The van der Waals surface area contributed by atoms with Crippen molar-refractivity contribution in [3.8, 4) is 0 Å². The summed E-state index contributed by atoms with van der Waals surface area (Å²) in [5.41, 5.74) is 1.03. The monoisotopic (exact) mass is 429 g/mol. The topological polar surface area (TPSA) is 71.1 Å². The van der Waals surface area contributed by atoms with Crippen LogP contribution >= 0.6 is 22.9 Å². The lowest BCUT2D eigenvalue weighted by atomic mass is 9.49. The highest BCUT2D eigenvalue weighted by molar-refractivity contribution is 7.17. The first kappa shape index (κ1) is 19.1. The number of aryl methyl sites for hydroxylation is 1. The van der Waals surface area contributed by atoms with Gasteiger partial charge in [0.15, 0.2) is 5.13 Å². The highest BCUT2D eigenvalue weighted by Crippen LogP contribution is 2.60. The zero-order valence-electron chi connectivity index (χ0n) is 16.3. The van der Waals surface area contributed by atoms with Crippen LogP contribution < -0.4 is 10.6 Å². The molecule has 0 unspecified atom stereocenters. The summed E-state index contributed by atoms with van der Waals surface area (Å²) in [5.74, 6) is 2.00. The molecule has 1 heterocycles. The normalized spacial score (nSPS) is 29.7. The zero-order valence-corrected chi connectivity index (χ0v) is 17.9. The van der Waals surface area contributed by atoms with Crippen molar-refractivity contribution in [3.05, 3.63) is 39.9 Å². The van der Waals surface area contributed by atoms with Gasteiger partial charge < -0.3 is 10.6 Å². The molecule has 152 valence electrons. The van der Waals surface area contributed by atoms with E-state index in [9.17, 15) is 9.59 Å². The number of halogens is 1. The maximum Gasteiger partial charge on any atom is 0.267 e. The maximum absolute atomic E-state index is 13.2. The van der Waals surface area contributed by atoms with Crippen molar-refractivity contribution in [1.82, 2.24) is 4.98 Å². The van der Waals surface area contributed by atoms with E-state index in [1.54, 1.807) is 31.2 Å². The Balaban J connectivity index is 1.30. The number of aromatic nitrogens is 1. The Morgan fingerprint density at radius 1 is 1.10 bits per heavy atom. The van der Waals surface area contributed by atoms with Gasteiger partial charge in [-0.25, -0.2) is 4.98 Å². The van der Waals surface area contributed by atoms with Crippen molar-refractivity contribution in [3.63, 3.8) is 0 Å². The van der Waals surface area contributed by atoms with Gasteiger partial charge in [-0.1, -0.05) is 29.0 Å². The predicted octanol–water partition coefficient (Wildman–Crippen LogP) is 5.51. The van der Waals surface area contributed by atoms with Gasteiger partial charge in [0, 0.05) is 10.7 Å². The van der Waals surface area contributed by atoms with Crippen molar-refractivity contribution < 1.29 is 9.59 Å². The number of anilines is 2. The molecule has 1 aromatic carbocycles. The first-order valence-corrected chi connectivity index (χ1v) is 11.5. The molecule has 4 aliphatic carbocycles. The van der Waals surface area contributed by atoms with Gasteiger partial charge in [-0.2, -0.15) is 0 Å². The standard InChI is InChI=1S/C22H24ClN3O2S/c1-12-18(19(27)25-17-4-2-3-16(23)8-17)29-21(24-12)26-20(28)22-9-13-5-14(10-22)7-15(6-13)11-22/h2-4,8,13-15H,5-7,9-11H2,1H3,(H,25,27)(H,24,26,28). The van der Waals surface area contributed by atoms with E-state index in [1.807, 2.05) is 0 Å². The van der Waals surface area contributed by atoms with Crippen molar-refractivity contribution in [2.75, 3.05) is 10.6 Å². The van der Waals surface area contributed by atoms with Crippen molar-refractivity contribution in [2.24, 2.45) is 23.2 Å². The van der Waals surface area contributed by atoms with E-state index in [1.165, 1.54) is 30.6 Å². The highest BCUT2D eigenvalue weighted by Gasteiger charge is 2.54. The minimum Gasteiger partial charge on any atom is -0.321 e. The van der Waals surface area contributed by atoms with E-state index in [4.69, 9.17) is 11.6 Å². The molecule has 4 aliphatic rings. The molecule has 5 nitrogen and oxygen atoms in total. The summed E-state index contributed by atoms with van der Waals surface area (Å²) < 4.78 is 0. The summed E-state index contributed by atoms with van der Waals surface area (Å²) in [5, 5.41) is 6.98. The number of amides is 2. The molecule has 4 saturated carbocycles. The molecule has 0 spiro atoms. The fourth-order valence-corrected chi connectivity index (χ4v) is 7.08. The number of rotatable bonds is 4. The van der Waals surface area contributed by atoms with E-state index >= 15 is 0 Å². The third-order valence-electron chi connectivity index (χ3n) is 6.83. The molecule has 4 fully saturated rings. The molecule has 0 aliphatic heterocycles.